The van der Waals surface area contributed by atoms with Crippen molar-refractivity contribution < 1.29 is 0 Å². The minimum atomic E-state index is 0.496. The molecule has 1 aromatic carbocycles. The molecule has 2 rings (SSSR count). The molecule has 86 valence electrons. The molecule has 0 amide bonds. The maximum absolute atomic E-state index is 7.22. The van der Waals surface area contributed by atoms with E-state index in [-0.39, 0.29) is 0 Å². The monoisotopic (exact) mass is 237 g/mol. The highest BCUT2D eigenvalue weighted by atomic mass is 35.5. The maximum atomic E-state index is 7.22. The van der Waals surface area contributed by atoms with Gasteiger partial charge in [-0.2, -0.15) is 0 Å². The minimum absolute atomic E-state index is 0.496. The molecule has 1 aliphatic rings. The molecule has 0 radical (unpaired) electrons. The van der Waals surface area contributed by atoms with E-state index >= 15 is 0 Å². The Bertz CT molecular complexity index is 397. The Kier molecular flexibility index (Phi) is 3.46. The van der Waals surface area contributed by atoms with E-state index in [1.54, 1.807) is 6.07 Å². The Balaban J connectivity index is 2.33. The second-order valence-corrected chi connectivity index (χ2v) is 4.58. The van der Waals surface area contributed by atoms with Crippen LogP contribution in [0.5, 0.6) is 0 Å². The molecule has 1 saturated heterocycles. The van der Waals surface area contributed by atoms with Crippen molar-refractivity contribution in [2.45, 2.75) is 18.8 Å². The van der Waals surface area contributed by atoms with Crippen LogP contribution in [-0.2, 0) is 0 Å². The van der Waals surface area contributed by atoms with E-state index in [9.17, 15) is 0 Å². The van der Waals surface area contributed by atoms with Crippen molar-refractivity contribution >= 4 is 23.5 Å². The quantitative estimate of drug-likeness (QED) is 0.546. The van der Waals surface area contributed by atoms with Crippen LogP contribution in [0.3, 0.4) is 0 Å². The van der Waals surface area contributed by atoms with Crippen LogP contribution in [0.2, 0.25) is 5.02 Å². The van der Waals surface area contributed by atoms with Crippen molar-refractivity contribution in [3.63, 3.8) is 0 Å². The second-order valence-electron chi connectivity index (χ2n) is 4.17. The summed E-state index contributed by atoms with van der Waals surface area (Å²) in [7, 11) is 0. The Morgan fingerprint density at radius 1 is 1.38 bits per heavy atom. The first kappa shape index (κ1) is 11.4. The highest BCUT2D eigenvalue weighted by Crippen LogP contribution is 2.33. The minimum Gasteiger partial charge on any atom is -0.398 e. The molecule has 0 aliphatic carbocycles. The molecule has 1 aromatic rings. The first-order chi connectivity index (χ1) is 7.72. The number of hydrogen-bond acceptors (Lipinski definition) is 3. The summed E-state index contributed by atoms with van der Waals surface area (Å²) < 4.78 is 0. The number of anilines is 1. The lowest BCUT2D eigenvalue weighted by molar-refractivity contribution is 0.460. The number of piperidine rings is 1. The summed E-state index contributed by atoms with van der Waals surface area (Å²) in [5.74, 6) is 0.496. The molecule has 0 aromatic heterocycles. The molecular weight excluding hydrogens is 222 g/mol. The summed E-state index contributed by atoms with van der Waals surface area (Å²) in [5, 5.41) is 11.3. The Morgan fingerprint density at radius 3 is 2.69 bits per heavy atom. The van der Waals surface area contributed by atoms with Crippen molar-refractivity contribution in [2.75, 3.05) is 18.8 Å². The van der Waals surface area contributed by atoms with Gasteiger partial charge in [0.2, 0.25) is 0 Å². The molecule has 0 bridgehead atoms. The summed E-state index contributed by atoms with van der Waals surface area (Å²) in [5.41, 5.74) is 8.36. The lowest BCUT2D eigenvalue weighted by atomic mass is 9.89. The van der Waals surface area contributed by atoms with E-state index in [2.05, 4.69) is 5.32 Å². The van der Waals surface area contributed by atoms with Gasteiger partial charge in [-0.1, -0.05) is 11.6 Å². The lowest BCUT2D eigenvalue weighted by Gasteiger charge is -2.24. The van der Waals surface area contributed by atoms with Gasteiger partial charge in [-0.05, 0) is 49.5 Å². The van der Waals surface area contributed by atoms with Gasteiger partial charge in [-0.25, -0.2) is 0 Å². The molecule has 16 heavy (non-hydrogen) atoms. The smallest absolute Gasteiger partial charge is 0.0448 e. The van der Waals surface area contributed by atoms with Gasteiger partial charge in [0.05, 0.1) is 0 Å². The zero-order valence-electron chi connectivity index (χ0n) is 9.09. The van der Waals surface area contributed by atoms with E-state index in [0.29, 0.717) is 17.2 Å². The summed E-state index contributed by atoms with van der Waals surface area (Å²) in [6, 6.07) is 3.72. The fourth-order valence-corrected chi connectivity index (χ4v) is 2.52. The fourth-order valence-electron chi connectivity index (χ4n) is 2.19. The lowest BCUT2D eigenvalue weighted by Crippen LogP contribution is -2.26. The second kappa shape index (κ2) is 4.85. The molecule has 0 spiro atoms. The van der Waals surface area contributed by atoms with Gasteiger partial charge in [0.15, 0.2) is 0 Å². The van der Waals surface area contributed by atoms with Gasteiger partial charge in [-0.15, -0.1) is 0 Å². The number of rotatable bonds is 2. The number of hydrogen-bond donors (Lipinski definition) is 3. The van der Waals surface area contributed by atoms with Crippen LogP contribution in [0.15, 0.2) is 12.1 Å². The molecule has 1 aliphatic heterocycles. The third-order valence-corrected chi connectivity index (χ3v) is 3.46. The van der Waals surface area contributed by atoms with Gasteiger partial charge in [0.1, 0.15) is 0 Å². The van der Waals surface area contributed by atoms with E-state index < -0.39 is 0 Å². The van der Waals surface area contributed by atoms with Crippen LogP contribution in [-0.4, -0.2) is 19.3 Å². The Labute approximate surface area is 100 Å². The largest absolute Gasteiger partial charge is 0.398 e. The molecule has 0 atom stereocenters. The Hall–Kier alpha value is -1.06. The number of halogens is 1. The first-order valence-electron chi connectivity index (χ1n) is 5.52. The first-order valence-corrected chi connectivity index (χ1v) is 5.90. The van der Waals surface area contributed by atoms with Crippen LogP contribution in [0.4, 0.5) is 5.69 Å². The van der Waals surface area contributed by atoms with E-state index in [1.807, 2.05) is 6.07 Å². The van der Waals surface area contributed by atoms with E-state index in [0.717, 1.165) is 36.5 Å². The average molecular weight is 238 g/mol. The number of nitrogens with two attached hydrogens (primary N) is 1. The molecule has 4 N–H and O–H groups in total. The fraction of sp³-hybridized carbons (Fsp3) is 0.417. The topological polar surface area (TPSA) is 61.9 Å². The summed E-state index contributed by atoms with van der Waals surface area (Å²) in [6.07, 6.45) is 3.44. The highest BCUT2D eigenvalue weighted by molar-refractivity contribution is 6.31. The standard InChI is InChI=1S/C12H16ClN3/c13-11-5-9(7-14)12(15)6-10(11)8-1-3-16-4-2-8/h5-8,14,16H,1-4,15H2. The van der Waals surface area contributed by atoms with Gasteiger partial charge in [0.25, 0.3) is 0 Å². The zero-order chi connectivity index (χ0) is 11.5. The van der Waals surface area contributed by atoms with Crippen molar-refractivity contribution in [3.8, 4) is 0 Å². The van der Waals surface area contributed by atoms with Gasteiger partial charge < -0.3 is 16.5 Å². The predicted octanol–water partition coefficient (Wildman–Crippen LogP) is 2.39. The predicted molar refractivity (Wildman–Crippen MR) is 68.6 cm³/mol. The Morgan fingerprint density at radius 2 is 2.06 bits per heavy atom. The highest BCUT2D eigenvalue weighted by Gasteiger charge is 2.18. The molecule has 3 nitrogen and oxygen atoms in total. The number of nitrogen functional groups attached to an aromatic ring is 1. The summed E-state index contributed by atoms with van der Waals surface area (Å²) in [6.45, 7) is 2.07. The maximum Gasteiger partial charge on any atom is 0.0448 e. The van der Waals surface area contributed by atoms with Crippen LogP contribution >= 0.6 is 11.6 Å². The van der Waals surface area contributed by atoms with E-state index in [4.69, 9.17) is 22.7 Å². The van der Waals surface area contributed by atoms with Crippen LogP contribution in [0.25, 0.3) is 0 Å². The van der Waals surface area contributed by atoms with Crippen molar-refractivity contribution in [1.82, 2.24) is 5.32 Å². The zero-order valence-corrected chi connectivity index (χ0v) is 9.85. The third kappa shape index (κ3) is 2.20. The van der Waals surface area contributed by atoms with Gasteiger partial charge in [-0.3, -0.25) is 0 Å². The van der Waals surface area contributed by atoms with Crippen molar-refractivity contribution in [1.29, 1.82) is 5.41 Å². The number of nitrogens with one attached hydrogen (secondary N) is 2. The SMILES string of the molecule is N=Cc1cc(Cl)c(C2CCNCC2)cc1N. The van der Waals surface area contributed by atoms with Crippen LogP contribution in [0.1, 0.15) is 29.9 Å². The molecule has 4 heteroatoms. The molecular formula is C12H16ClN3. The molecule has 0 unspecified atom stereocenters. The third-order valence-electron chi connectivity index (χ3n) is 3.14. The van der Waals surface area contributed by atoms with Crippen LogP contribution in [0, 0.1) is 5.41 Å². The normalized spacial score (nSPS) is 17.3. The molecule has 1 fully saturated rings. The summed E-state index contributed by atoms with van der Waals surface area (Å²) in [4.78, 5) is 0. The average Bonchev–Trinajstić information content (AvgIpc) is 2.32. The molecule has 0 saturated carbocycles. The number of benzene rings is 1. The van der Waals surface area contributed by atoms with Crippen LogP contribution < -0.4 is 11.1 Å². The molecule has 1 heterocycles. The van der Waals surface area contributed by atoms with Crippen molar-refractivity contribution in [2.24, 2.45) is 0 Å². The van der Waals surface area contributed by atoms with Crippen molar-refractivity contribution in [3.05, 3.63) is 28.3 Å². The van der Waals surface area contributed by atoms with E-state index in [1.165, 1.54) is 6.21 Å². The van der Waals surface area contributed by atoms with Gasteiger partial charge >= 0.3 is 0 Å². The summed E-state index contributed by atoms with van der Waals surface area (Å²) >= 11 is 6.23. The van der Waals surface area contributed by atoms with Gasteiger partial charge in [0, 0.05) is 22.5 Å².